The normalized spacial score (nSPS) is 21.7. The van der Waals surface area contributed by atoms with Crippen LogP contribution in [0.3, 0.4) is 0 Å². The van der Waals surface area contributed by atoms with Crippen molar-refractivity contribution in [1.82, 2.24) is 14.9 Å². The number of benzene rings is 1. The second kappa shape index (κ2) is 8.06. The van der Waals surface area contributed by atoms with Crippen molar-refractivity contribution < 1.29 is 28.8 Å². The molecule has 2 unspecified atom stereocenters. The van der Waals surface area contributed by atoms with Gasteiger partial charge in [0.1, 0.15) is 5.60 Å². The highest BCUT2D eigenvalue weighted by Crippen LogP contribution is 2.26. The number of carbonyl (C=O) groups excluding carboxylic acids is 4. The highest BCUT2D eigenvalue weighted by atomic mass is 16.7. The number of imide groups is 1. The number of piperidine rings is 1. The molecule has 3 amide bonds. The fraction of sp³-hybridized carbons (Fsp3) is 0.524. The van der Waals surface area contributed by atoms with Gasteiger partial charge >= 0.3 is 12.1 Å². The monoisotopic (exact) mass is 417 g/mol. The minimum atomic E-state index is -0.732. The Morgan fingerprint density at radius 3 is 2.10 bits per heavy atom. The Labute approximate surface area is 175 Å². The van der Waals surface area contributed by atoms with Crippen LogP contribution in [0.5, 0.6) is 0 Å². The van der Waals surface area contributed by atoms with Gasteiger partial charge in [0.2, 0.25) is 0 Å². The molecule has 2 heterocycles. The molecule has 1 fully saturated rings. The molecule has 9 heteroatoms. The largest absolute Gasteiger partial charge is 0.444 e. The molecular weight excluding hydrogens is 390 g/mol. The molecule has 3 rings (SSSR count). The number of nitrogens with zero attached hydrogens (tertiary/aromatic N) is 3. The van der Waals surface area contributed by atoms with Gasteiger partial charge in [-0.3, -0.25) is 9.59 Å². The first-order valence-electron chi connectivity index (χ1n) is 9.82. The van der Waals surface area contributed by atoms with Gasteiger partial charge in [0.25, 0.3) is 11.8 Å². The lowest BCUT2D eigenvalue weighted by Crippen LogP contribution is -2.54. The maximum Gasteiger partial charge on any atom is 0.410 e. The number of carbonyl (C=O) groups is 4. The molecule has 2 aliphatic rings. The van der Waals surface area contributed by atoms with Gasteiger partial charge in [0, 0.05) is 19.1 Å². The second-order valence-electron chi connectivity index (χ2n) is 8.80. The molecule has 0 radical (unpaired) electrons. The number of hydrogen-bond acceptors (Lipinski definition) is 7. The number of ether oxygens (including phenoxy) is 1. The minimum Gasteiger partial charge on any atom is -0.444 e. The van der Waals surface area contributed by atoms with Crippen molar-refractivity contribution in [3.63, 3.8) is 0 Å². The summed E-state index contributed by atoms with van der Waals surface area (Å²) in [6, 6.07) is 6.19. The average Bonchev–Trinajstić information content (AvgIpc) is 2.91. The molecule has 0 N–H and O–H groups in total. The molecule has 30 heavy (non-hydrogen) atoms. The fourth-order valence-electron chi connectivity index (χ4n) is 3.51. The predicted octanol–water partition coefficient (Wildman–Crippen LogP) is 1.93. The van der Waals surface area contributed by atoms with Crippen molar-refractivity contribution in [3.8, 4) is 0 Å². The number of rotatable bonds is 3. The van der Waals surface area contributed by atoms with Crippen LogP contribution in [0.4, 0.5) is 4.79 Å². The van der Waals surface area contributed by atoms with Crippen molar-refractivity contribution in [3.05, 3.63) is 35.4 Å². The van der Waals surface area contributed by atoms with Gasteiger partial charge in [-0.1, -0.05) is 17.2 Å². The molecule has 1 aromatic rings. The van der Waals surface area contributed by atoms with Gasteiger partial charge in [-0.05, 0) is 53.4 Å². The lowest BCUT2D eigenvalue weighted by Gasteiger charge is -2.39. The molecule has 2 atom stereocenters. The maximum atomic E-state index is 12.9. The van der Waals surface area contributed by atoms with Gasteiger partial charge < -0.3 is 19.4 Å². The molecule has 0 spiro atoms. The van der Waals surface area contributed by atoms with Crippen LogP contribution in [0.15, 0.2) is 24.3 Å². The average molecular weight is 417 g/mol. The fourth-order valence-corrected chi connectivity index (χ4v) is 3.51. The van der Waals surface area contributed by atoms with Crippen LogP contribution in [0.2, 0.25) is 0 Å². The van der Waals surface area contributed by atoms with E-state index in [1.54, 1.807) is 32.9 Å². The van der Waals surface area contributed by atoms with Gasteiger partial charge in [-0.25, -0.2) is 9.59 Å². The van der Waals surface area contributed by atoms with Gasteiger partial charge in [0.15, 0.2) is 0 Å². The quantitative estimate of drug-likeness (QED) is 0.693. The number of hydrogen-bond donors (Lipinski definition) is 0. The molecule has 2 aliphatic heterocycles. The standard InChI is InChI=1S/C21H27N3O6/c1-21(2,3)29-20(28)23-11-13(10-14(12-23)22(4)5)19(27)30-24-17(25)15-8-6-7-9-16(15)18(24)26/h6-9,13-14H,10-12H2,1-5H3. The third kappa shape index (κ3) is 4.46. The Bertz CT molecular complexity index is 841. The number of likely N-dealkylation sites (tertiary alicyclic amines) is 1. The molecule has 0 saturated carbocycles. The summed E-state index contributed by atoms with van der Waals surface area (Å²) in [5.41, 5.74) is -0.279. The van der Waals surface area contributed by atoms with Crippen molar-refractivity contribution in [2.75, 3.05) is 27.2 Å². The van der Waals surface area contributed by atoms with Gasteiger partial charge in [-0.2, -0.15) is 0 Å². The molecule has 9 nitrogen and oxygen atoms in total. The lowest BCUT2D eigenvalue weighted by molar-refractivity contribution is -0.176. The smallest absolute Gasteiger partial charge is 0.410 e. The first-order valence-corrected chi connectivity index (χ1v) is 9.82. The molecular formula is C21H27N3O6. The Morgan fingerprint density at radius 1 is 1.03 bits per heavy atom. The summed E-state index contributed by atoms with van der Waals surface area (Å²) in [6.45, 7) is 5.80. The number of amides is 3. The van der Waals surface area contributed by atoms with Crippen LogP contribution in [0.1, 0.15) is 47.9 Å². The van der Waals surface area contributed by atoms with Crippen LogP contribution < -0.4 is 0 Å². The summed E-state index contributed by atoms with van der Waals surface area (Å²) in [7, 11) is 3.71. The van der Waals surface area contributed by atoms with E-state index in [4.69, 9.17) is 9.57 Å². The summed E-state index contributed by atoms with van der Waals surface area (Å²) in [5, 5.41) is 0.504. The third-order valence-corrected chi connectivity index (χ3v) is 5.08. The van der Waals surface area contributed by atoms with Crippen LogP contribution >= 0.6 is 0 Å². The van der Waals surface area contributed by atoms with E-state index in [0.29, 0.717) is 18.0 Å². The Kier molecular flexibility index (Phi) is 5.85. The Hall–Kier alpha value is -2.94. The summed E-state index contributed by atoms with van der Waals surface area (Å²) in [6.07, 6.45) is -0.0959. The number of likely N-dealkylation sites (N-methyl/N-ethyl adjacent to an activating group) is 1. The minimum absolute atomic E-state index is 0.0846. The topological polar surface area (TPSA) is 96.5 Å². The lowest BCUT2D eigenvalue weighted by atomic mass is 9.94. The highest BCUT2D eigenvalue weighted by Gasteiger charge is 2.42. The number of hydroxylamine groups is 2. The second-order valence-corrected chi connectivity index (χ2v) is 8.80. The van der Waals surface area contributed by atoms with E-state index in [0.717, 1.165) is 0 Å². The molecule has 0 aliphatic carbocycles. The zero-order valence-electron chi connectivity index (χ0n) is 17.9. The van der Waals surface area contributed by atoms with E-state index in [1.807, 2.05) is 19.0 Å². The van der Waals surface area contributed by atoms with E-state index in [1.165, 1.54) is 17.0 Å². The SMILES string of the molecule is CN(C)C1CC(C(=O)ON2C(=O)c3ccccc3C2=O)CN(C(=O)OC(C)(C)C)C1. The van der Waals surface area contributed by atoms with Crippen molar-refractivity contribution in [1.29, 1.82) is 0 Å². The molecule has 0 aromatic heterocycles. The van der Waals surface area contributed by atoms with E-state index >= 15 is 0 Å². The number of fused-ring (bicyclic) bond motifs is 1. The third-order valence-electron chi connectivity index (χ3n) is 5.08. The maximum absolute atomic E-state index is 12.9. The van der Waals surface area contributed by atoms with Crippen LogP contribution in [0.25, 0.3) is 0 Å². The highest BCUT2D eigenvalue weighted by molar-refractivity contribution is 6.20. The summed E-state index contributed by atoms with van der Waals surface area (Å²) < 4.78 is 5.44. The van der Waals surface area contributed by atoms with E-state index in [9.17, 15) is 19.2 Å². The van der Waals surface area contributed by atoms with E-state index in [-0.39, 0.29) is 23.7 Å². The van der Waals surface area contributed by atoms with Gasteiger partial charge in [-0.15, -0.1) is 0 Å². The molecule has 0 bridgehead atoms. The summed E-state index contributed by atoms with van der Waals surface area (Å²) >= 11 is 0. The van der Waals surface area contributed by atoms with Crippen LogP contribution in [-0.2, 0) is 14.4 Å². The van der Waals surface area contributed by atoms with Crippen LogP contribution in [0, 0.1) is 5.92 Å². The van der Waals surface area contributed by atoms with Crippen molar-refractivity contribution in [2.24, 2.45) is 5.92 Å². The molecule has 1 aromatic carbocycles. The van der Waals surface area contributed by atoms with Crippen molar-refractivity contribution in [2.45, 2.75) is 38.8 Å². The van der Waals surface area contributed by atoms with Gasteiger partial charge in [0.05, 0.1) is 17.0 Å². The zero-order valence-corrected chi connectivity index (χ0v) is 17.9. The first kappa shape index (κ1) is 21.8. The predicted molar refractivity (Wildman–Crippen MR) is 106 cm³/mol. The first-order chi connectivity index (χ1) is 14.0. The van der Waals surface area contributed by atoms with E-state index in [2.05, 4.69) is 0 Å². The zero-order chi connectivity index (χ0) is 22.2. The molecule has 1 saturated heterocycles. The Balaban J connectivity index is 1.73. The molecule has 162 valence electrons. The summed E-state index contributed by atoms with van der Waals surface area (Å²) in [5.74, 6) is -2.78. The Morgan fingerprint density at radius 2 is 1.60 bits per heavy atom. The summed E-state index contributed by atoms with van der Waals surface area (Å²) in [4.78, 5) is 58.9. The van der Waals surface area contributed by atoms with E-state index < -0.39 is 35.4 Å². The van der Waals surface area contributed by atoms with Crippen LogP contribution in [-0.4, -0.2) is 77.6 Å². The van der Waals surface area contributed by atoms with Crippen molar-refractivity contribution >= 4 is 23.9 Å².